The first-order valence-corrected chi connectivity index (χ1v) is 6.60. The van der Waals surface area contributed by atoms with E-state index in [2.05, 4.69) is 0 Å². The maximum Gasteiger partial charge on any atom is 0.324 e. The van der Waals surface area contributed by atoms with E-state index in [4.69, 9.17) is 4.74 Å². The highest BCUT2D eigenvalue weighted by atomic mass is 32.2. The largest absolute Gasteiger partial charge is 0.426 e. The summed E-state index contributed by atoms with van der Waals surface area (Å²) in [5, 5.41) is 10.00. The normalized spacial score (nSPS) is 18.9. The summed E-state index contributed by atoms with van der Waals surface area (Å²) in [4.78, 5) is 33.0. The quantitative estimate of drug-likeness (QED) is 0.366. The number of nitrogens with zero attached hydrogens (tertiary/aromatic N) is 1. The Kier molecular flexibility index (Phi) is 4.16. The first kappa shape index (κ1) is 13.5. The molecular weight excluding hydrogens is 270 g/mol. The van der Waals surface area contributed by atoms with Crippen molar-refractivity contribution in [1.82, 2.24) is 0 Å². The number of thioether (sulfide) groups is 1. The lowest BCUT2D eigenvalue weighted by atomic mass is 10.2. The van der Waals surface area contributed by atoms with Crippen molar-refractivity contribution >= 4 is 28.5 Å². The molecule has 0 amide bonds. The van der Waals surface area contributed by atoms with E-state index >= 15 is 0 Å². The van der Waals surface area contributed by atoms with Gasteiger partial charge in [-0.05, 0) is 25.0 Å². The summed E-state index contributed by atoms with van der Waals surface area (Å²) in [5.74, 6) is -0.235. The van der Waals surface area contributed by atoms with Gasteiger partial charge in [0.1, 0.15) is 11.0 Å². The molecule has 0 radical (unpaired) electrons. The van der Waals surface area contributed by atoms with Gasteiger partial charge in [0, 0.05) is 18.6 Å². The fourth-order valence-corrected chi connectivity index (χ4v) is 2.70. The van der Waals surface area contributed by atoms with Crippen LogP contribution in [0.15, 0.2) is 24.3 Å². The summed E-state index contributed by atoms with van der Waals surface area (Å²) >= 11 is 1.00. The molecule has 1 unspecified atom stereocenters. The molecule has 1 aromatic rings. The van der Waals surface area contributed by atoms with Crippen LogP contribution in [0, 0.1) is 10.1 Å². The molecule has 6 nitrogen and oxygen atoms in total. The molecule has 0 spiro atoms. The predicted octanol–water partition coefficient (Wildman–Crippen LogP) is 2.31. The van der Waals surface area contributed by atoms with E-state index < -0.39 is 16.1 Å². The molecule has 1 aliphatic rings. The first-order chi connectivity index (χ1) is 9.06. The summed E-state index contributed by atoms with van der Waals surface area (Å²) in [6, 6.07) is 5.26. The van der Waals surface area contributed by atoms with Gasteiger partial charge in [-0.2, -0.15) is 0 Å². The van der Waals surface area contributed by atoms with Crippen molar-refractivity contribution in [2.24, 2.45) is 0 Å². The van der Waals surface area contributed by atoms with Crippen molar-refractivity contribution in [3.05, 3.63) is 34.4 Å². The molecule has 1 heterocycles. The van der Waals surface area contributed by atoms with E-state index in [-0.39, 0.29) is 16.6 Å². The van der Waals surface area contributed by atoms with Crippen LogP contribution in [0.5, 0.6) is 5.75 Å². The SMILES string of the molecule is O=C1CCCC(C(=O)Oc2ccc([N+](=O)[O-])cc2)S1. The van der Waals surface area contributed by atoms with Gasteiger partial charge in [-0.15, -0.1) is 0 Å². The minimum Gasteiger partial charge on any atom is -0.426 e. The minimum atomic E-state index is -0.527. The fourth-order valence-electron chi connectivity index (χ4n) is 1.69. The Morgan fingerprint density at radius 1 is 1.37 bits per heavy atom. The average Bonchev–Trinajstić information content (AvgIpc) is 2.39. The van der Waals surface area contributed by atoms with Crippen LogP contribution in [-0.4, -0.2) is 21.3 Å². The number of esters is 1. The van der Waals surface area contributed by atoms with Crippen molar-refractivity contribution in [2.75, 3.05) is 0 Å². The summed E-state index contributed by atoms with van der Waals surface area (Å²) in [5.41, 5.74) is -0.0676. The number of carbonyl (C=O) groups excluding carboxylic acids is 2. The van der Waals surface area contributed by atoms with Crippen molar-refractivity contribution in [3.8, 4) is 5.75 Å². The second-order valence-electron chi connectivity index (χ2n) is 4.04. The standard InChI is InChI=1S/C12H11NO5S/c14-11-3-1-2-10(19-11)12(15)18-9-6-4-8(5-7-9)13(16)17/h4-7,10H,1-3H2. The zero-order valence-electron chi connectivity index (χ0n) is 9.90. The van der Waals surface area contributed by atoms with E-state index in [1.807, 2.05) is 0 Å². The van der Waals surface area contributed by atoms with E-state index in [9.17, 15) is 19.7 Å². The smallest absolute Gasteiger partial charge is 0.324 e. The number of ether oxygens (including phenoxy) is 1. The van der Waals surface area contributed by atoms with Gasteiger partial charge in [0.15, 0.2) is 5.12 Å². The Labute approximate surface area is 113 Å². The van der Waals surface area contributed by atoms with Crippen LogP contribution in [0.25, 0.3) is 0 Å². The second-order valence-corrected chi connectivity index (χ2v) is 5.30. The highest BCUT2D eigenvalue weighted by Gasteiger charge is 2.28. The van der Waals surface area contributed by atoms with E-state index in [0.717, 1.165) is 11.8 Å². The molecule has 1 saturated heterocycles. The molecule has 7 heteroatoms. The number of rotatable bonds is 3. The van der Waals surface area contributed by atoms with Gasteiger partial charge in [0.05, 0.1) is 4.92 Å². The zero-order chi connectivity index (χ0) is 13.8. The highest BCUT2D eigenvalue weighted by Crippen LogP contribution is 2.28. The van der Waals surface area contributed by atoms with Gasteiger partial charge in [0.2, 0.25) is 0 Å². The molecule has 1 fully saturated rings. The molecule has 1 atom stereocenters. The number of non-ortho nitro benzene ring substituents is 1. The third kappa shape index (κ3) is 3.54. The number of nitro benzene ring substituents is 1. The molecule has 2 rings (SSSR count). The summed E-state index contributed by atoms with van der Waals surface area (Å²) in [6.45, 7) is 0. The lowest BCUT2D eigenvalue weighted by molar-refractivity contribution is -0.384. The number of nitro groups is 1. The lowest BCUT2D eigenvalue weighted by Gasteiger charge is -2.18. The highest BCUT2D eigenvalue weighted by molar-refractivity contribution is 8.14. The topological polar surface area (TPSA) is 86.5 Å². The van der Waals surface area contributed by atoms with Crippen LogP contribution in [-0.2, 0) is 9.59 Å². The van der Waals surface area contributed by atoms with Crippen LogP contribution < -0.4 is 4.74 Å². The third-order valence-corrected chi connectivity index (χ3v) is 3.83. The van der Waals surface area contributed by atoms with Crippen LogP contribution >= 0.6 is 11.8 Å². The van der Waals surface area contributed by atoms with Gasteiger partial charge in [-0.1, -0.05) is 11.8 Å². The van der Waals surface area contributed by atoms with Crippen molar-refractivity contribution < 1.29 is 19.2 Å². The Hall–Kier alpha value is -1.89. The van der Waals surface area contributed by atoms with Gasteiger partial charge in [-0.3, -0.25) is 19.7 Å². The van der Waals surface area contributed by atoms with Gasteiger partial charge >= 0.3 is 5.97 Å². The van der Waals surface area contributed by atoms with Crippen molar-refractivity contribution in [3.63, 3.8) is 0 Å². The fraction of sp³-hybridized carbons (Fsp3) is 0.333. The molecule has 19 heavy (non-hydrogen) atoms. The van der Waals surface area contributed by atoms with Gasteiger partial charge in [-0.25, -0.2) is 0 Å². The molecule has 0 saturated carbocycles. The van der Waals surface area contributed by atoms with E-state index in [1.54, 1.807) is 0 Å². The second kappa shape index (κ2) is 5.83. The molecular formula is C12H11NO5S. The minimum absolute atomic E-state index is 0.00287. The summed E-state index contributed by atoms with van der Waals surface area (Å²) < 4.78 is 5.10. The Balaban J connectivity index is 1.98. The number of hydrogen-bond donors (Lipinski definition) is 0. The monoisotopic (exact) mass is 281 g/mol. The number of benzene rings is 1. The van der Waals surface area contributed by atoms with Crippen LogP contribution in [0.1, 0.15) is 19.3 Å². The molecule has 0 N–H and O–H groups in total. The third-order valence-electron chi connectivity index (χ3n) is 2.65. The van der Waals surface area contributed by atoms with E-state index in [1.165, 1.54) is 24.3 Å². The Morgan fingerprint density at radius 3 is 2.63 bits per heavy atom. The van der Waals surface area contributed by atoms with Gasteiger partial charge in [0.25, 0.3) is 5.69 Å². The van der Waals surface area contributed by atoms with Gasteiger partial charge < -0.3 is 4.74 Å². The van der Waals surface area contributed by atoms with Crippen molar-refractivity contribution in [1.29, 1.82) is 0 Å². The molecule has 100 valence electrons. The first-order valence-electron chi connectivity index (χ1n) is 5.72. The van der Waals surface area contributed by atoms with Crippen LogP contribution in [0.4, 0.5) is 5.69 Å². The molecule has 0 aliphatic carbocycles. The Bertz CT molecular complexity index is 513. The summed E-state index contributed by atoms with van der Waals surface area (Å²) in [7, 11) is 0. The maximum atomic E-state index is 11.8. The number of carbonyl (C=O) groups is 2. The predicted molar refractivity (Wildman–Crippen MR) is 69.0 cm³/mol. The average molecular weight is 281 g/mol. The van der Waals surface area contributed by atoms with Crippen LogP contribution in [0.3, 0.4) is 0 Å². The zero-order valence-corrected chi connectivity index (χ0v) is 10.7. The van der Waals surface area contributed by atoms with E-state index in [0.29, 0.717) is 19.3 Å². The molecule has 0 aromatic heterocycles. The molecule has 0 bridgehead atoms. The number of hydrogen-bond acceptors (Lipinski definition) is 6. The lowest BCUT2D eigenvalue weighted by Crippen LogP contribution is -2.27. The molecule has 1 aromatic carbocycles. The maximum absolute atomic E-state index is 11.8. The van der Waals surface area contributed by atoms with Crippen LogP contribution in [0.2, 0.25) is 0 Å². The molecule has 1 aliphatic heterocycles. The Morgan fingerprint density at radius 2 is 2.05 bits per heavy atom. The summed E-state index contributed by atoms with van der Waals surface area (Å²) in [6.07, 6.45) is 1.79. The van der Waals surface area contributed by atoms with Crippen molar-refractivity contribution in [2.45, 2.75) is 24.5 Å².